The minimum absolute atomic E-state index is 0.509. The van der Waals surface area contributed by atoms with Gasteiger partial charge in [-0.05, 0) is 46.1 Å². The second-order valence-electron chi connectivity index (χ2n) is 4.66. The van der Waals surface area contributed by atoms with Crippen LogP contribution in [-0.4, -0.2) is 25.1 Å². The van der Waals surface area contributed by atoms with Crippen LogP contribution in [0.25, 0.3) is 0 Å². The molecule has 2 rings (SSSR count). The number of para-hydroxylation sites is 1. The van der Waals surface area contributed by atoms with Crippen molar-refractivity contribution in [1.29, 1.82) is 0 Å². The van der Waals surface area contributed by atoms with Crippen LogP contribution in [0.2, 0.25) is 0 Å². The Bertz CT molecular complexity index is 544. The Kier molecular flexibility index (Phi) is 6.04. The molecule has 1 aromatic carbocycles. The summed E-state index contributed by atoms with van der Waals surface area (Å²) in [4.78, 5) is 2.25. The van der Waals surface area contributed by atoms with Crippen molar-refractivity contribution >= 4 is 27.3 Å². The third-order valence-corrected chi connectivity index (χ3v) is 4.55. The second kappa shape index (κ2) is 7.78. The van der Waals surface area contributed by atoms with Crippen LogP contribution in [0, 0.1) is 0 Å². The van der Waals surface area contributed by atoms with Crippen LogP contribution in [0.15, 0.2) is 39.5 Å². The molecule has 0 aliphatic carbocycles. The normalized spacial score (nSPS) is 11.0. The summed E-state index contributed by atoms with van der Waals surface area (Å²) in [6.45, 7) is 2.99. The van der Waals surface area contributed by atoms with Crippen LogP contribution >= 0.6 is 27.3 Å². The van der Waals surface area contributed by atoms with E-state index in [0.29, 0.717) is 13.2 Å². The Hall–Kier alpha value is -0.880. The van der Waals surface area contributed by atoms with Crippen molar-refractivity contribution < 1.29 is 4.74 Å². The van der Waals surface area contributed by atoms with Gasteiger partial charge in [0.15, 0.2) is 0 Å². The van der Waals surface area contributed by atoms with Crippen LogP contribution in [0.3, 0.4) is 0 Å². The summed E-state index contributed by atoms with van der Waals surface area (Å²) in [7, 11) is 2.10. The summed E-state index contributed by atoms with van der Waals surface area (Å²) in [5, 5.41) is 2.17. The summed E-state index contributed by atoms with van der Waals surface area (Å²) in [5.41, 5.74) is 8.07. The van der Waals surface area contributed by atoms with E-state index in [-0.39, 0.29) is 0 Å². The number of likely N-dealkylation sites (N-methyl/N-ethyl adjacent to an activating group) is 1. The van der Waals surface area contributed by atoms with Crippen molar-refractivity contribution in [2.45, 2.75) is 13.1 Å². The molecule has 0 unspecified atom stereocenters. The molecule has 3 nitrogen and oxygen atoms in total. The van der Waals surface area contributed by atoms with E-state index in [1.54, 1.807) is 11.3 Å². The van der Waals surface area contributed by atoms with E-state index < -0.39 is 0 Å². The number of thiophene rings is 1. The highest BCUT2D eigenvalue weighted by atomic mass is 79.9. The monoisotopic (exact) mass is 354 g/mol. The lowest BCUT2D eigenvalue weighted by Gasteiger charge is -2.17. The van der Waals surface area contributed by atoms with Crippen molar-refractivity contribution in [1.82, 2.24) is 4.90 Å². The Morgan fingerprint density at radius 1 is 1.35 bits per heavy atom. The van der Waals surface area contributed by atoms with Crippen molar-refractivity contribution in [3.63, 3.8) is 0 Å². The van der Waals surface area contributed by atoms with Crippen molar-refractivity contribution in [3.05, 3.63) is 50.6 Å². The minimum Gasteiger partial charge on any atom is -0.492 e. The van der Waals surface area contributed by atoms with Gasteiger partial charge in [0.2, 0.25) is 0 Å². The standard InChI is InChI=1S/C15H19BrN2OS/c1-18(10-12-8-15(16)20-11-12)6-7-19-14-5-3-2-4-13(14)9-17/h2-5,8,11H,6-7,9-10,17H2,1H3. The van der Waals surface area contributed by atoms with Gasteiger partial charge in [-0.3, -0.25) is 4.90 Å². The number of nitrogens with two attached hydrogens (primary N) is 1. The molecule has 0 atom stereocenters. The molecular weight excluding hydrogens is 336 g/mol. The molecule has 0 amide bonds. The molecular formula is C15H19BrN2OS. The molecule has 20 heavy (non-hydrogen) atoms. The molecule has 2 N–H and O–H groups in total. The highest BCUT2D eigenvalue weighted by molar-refractivity contribution is 9.11. The maximum Gasteiger partial charge on any atom is 0.123 e. The van der Waals surface area contributed by atoms with Gasteiger partial charge < -0.3 is 10.5 Å². The number of nitrogens with zero attached hydrogens (tertiary/aromatic N) is 1. The Labute approximate surface area is 132 Å². The van der Waals surface area contributed by atoms with Gasteiger partial charge in [0.1, 0.15) is 12.4 Å². The molecule has 0 saturated carbocycles. The van der Waals surface area contributed by atoms with Gasteiger partial charge in [-0.25, -0.2) is 0 Å². The lowest BCUT2D eigenvalue weighted by molar-refractivity contribution is 0.231. The van der Waals surface area contributed by atoms with E-state index in [2.05, 4.69) is 39.3 Å². The van der Waals surface area contributed by atoms with Gasteiger partial charge in [0.05, 0.1) is 3.79 Å². The SMILES string of the molecule is CN(CCOc1ccccc1CN)Cc1csc(Br)c1. The van der Waals surface area contributed by atoms with Crippen molar-refractivity contribution in [3.8, 4) is 5.75 Å². The number of halogens is 1. The van der Waals surface area contributed by atoms with Crippen LogP contribution < -0.4 is 10.5 Å². The number of ether oxygens (including phenoxy) is 1. The average molecular weight is 355 g/mol. The first-order chi connectivity index (χ1) is 9.69. The maximum atomic E-state index is 5.81. The third-order valence-electron chi connectivity index (χ3n) is 3.00. The fraction of sp³-hybridized carbons (Fsp3) is 0.333. The van der Waals surface area contributed by atoms with E-state index >= 15 is 0 Å². The maximum absolute atomic E-state index is 5.81. The Morgan fingerprint density at radius 3 is 2.85 bits per heavy atom. The number of hydrogen-bond donors (Lipinski definition) is 1. The Balaban J connectivity index is 1.77. The molecule has 1 heterocycles. The zero-order valence-corrected chi connectivity index (χ0v) is 13.9. The largest absolute Gasteiger partial charge is 0.492 e. The third kappa shape index (κ3) is 4.59. The zero-order valence-electron chi connectivity index (χ0n) is 11.5. The summed E-state index contributed by atoms with van der Waals surface area (Å²) in [6, 6.07) is 10.1. The predicted octanol–water partition coefficient (Wildman–Crippen LogP) is 3.48. The lowest BCUT2D eigenvalue weighted by Crippen LogP contribution is -2.23. The topological polar surface area (TPSA) is 38.5 Å². The number of hydrogen-bond acceptors (Lipinski definition) is 4. The van der Waals surface area contributed by atoms with E-state index in [1.807, 2.05) is 24.3 Å². The first-order valence-electron chi connectivity index (χ1n) is 6.51. The highest BCUT2D eigenvalue weighted by Crippen LogP contribution is 2.21. The molecule has 0 saturated heterocycles. The van der Waals surface area contributed by atoms with Crippen LogP contribution in [-0.2, 0) is 13.1 Å². The number of rotatable bonds is 7. The van der Waals surface area contributed by atoms with Crippen molar-refractivity contribution in [2.75, 3.05) is 20.2 Å². The van der Waals surface area contributed by atoms with E-state index in [4.69, 9.17) is 10.5 Å². The van der Waals surface area contributed by atoms with E-state index in [0.717, 1.165) is 24.4 Å². The first kappa shape index (κ1) is 15.5. The summed E-state index contributed by atoms with van der Waals surface area (Å²) < 4.78 is 6.99. The molecule has 2 aromatic rings. The molecule has 0 aliphatic rings. The minimum atomic E-state index is 0.509. The highest BCUT2D eigenvalue weighted by Gasteiger charge is 2.04. The zero-order chi connectivity index (χ0) is 14.4. The first-order valence-corrected chi connectivity index (χ1v) is 8.18. The lowest BCUT2D eigenvalue weighted by atomic mass is 10.2. The summed E-state index contributed by atoms with van der Waals surface area (Å²) in [6.07, 6.45) is 0. The Morgan fingerprint density at radius 2 is 2.15 bits per heavy atom. The molecule has 5 heteroatoms. The molecule has 1 aromatic heterocycles. The van der Waals surface area contributed by atoms with Crippen LogP contribution in [0.1, 0.15) is 11.1 Å². The molecule has 0 fully saturated rings. The van der Waals surface area contributed by atoms with Gasteiger partial charge in [-0.1, -0.05) is 18.2 Å². The molecule has 0 aliphatic heterocycles. The quantitative estimate of drug-likeness (QED) is 0.827. The van der Waals surface area contributed by atoms with Crippen LogP contribution in [0.5, 0.6) is 5.75 Å². The average Bonchev–Trinajstić information content (AvgIpc) is 2.84. The molecule has 0 radical (unpaired) electrons. The van der Waals surface area contributed by atoms with Crippen molar-refractivity contribution in [2.24, 2.45) is 5.73 Å². The van der Waals surface area contributed by atoms with Gasteiger partial charge in [0.25, 0.3) is 0 Å². The second-order valence-corrected chi connectivity index (χ2v) is 6.95. The van der Waals surface area contributed by atoms with Gasteiger partial charge >= 0.3 is 0 Å². The van der Waals surface area contributed by atoms with Crippen LogP contribution in [0.4, 0.5) is 0 Å². The smallest absolute Gasteiger partial charge is 0.123 e. The van der Waals surface area contributed by atoms with E-state index in [1.165, 1.54) is 9.35 Å². The molecule has 0 spiro atoms. The summed E-state index contributed by atoms with van der Waals surface area (Å²) in [5.74, 6) is 0.890. The molecule has 108 valence electrons. The van der Waals surface area contributed by atoms with E-state index in [9.17, 15) is 0 Å². The van der Waals surface area contributed by atoms with Gasteiger partial charge in [-0.15, -0.1) is 11.3 Å². The predicted molar refractivity (Wildman–Crippen MR) is 88.2 cm³/mol. The molecule has 0 bridgehead atoms. The van der Waals surface area contributed by atoms with Gasteiger partial charge in [-0.2, -0.15) is 0 Å². The van der Waals surface area contributed by atoms with Gasteiger partial charge in [0, 0.05) is 25.2 Å². The summed E-state index contributed by atoms with van der Waals surface area (Å²) >= 11 is 5.20. The number of benzene rings is 1. The fourth-order valence-electron chi connectivity index (χ4n) is 1.94. The fourth-order valence-corrected chi connectivity index (χ4v) is 3.14.